The molecule has 1 rings (SSSR count). The van der Waals surface area contributed by atoms with Gasteiger partial charge in [0.05, 0.1) is 0 Å². The molecule has 0 heterocycles. The molecule has 0 radical (unpaired) electrons. The van der Waals surface area contributed by atoms with Gasteiger partial charge in [-0.2, -0.15) is 0 Å². The molecule has 0 saturated carbocycles. The molecule has 0 saturated heterocycles. The van der Waals surface area contributed by atoms with Crippen LogP contribution in [0.5, 0.6) is 0 Å². The van der Waals surface area contributed by atoms with Gasteiger partial charge >= 0.3 is 168 Å². The molecule has 24 heavy (non-hydrogen) atoms. The number of hydrogen-bond donors (Lipinski definition) is 0. The zero-order chi connectivity index (χ0) is 17.3. The van der Waals surface area contributed by atoms with Crippen molar-refractivity contribution in [2.24, 2.45) is 0 Å². The summed E-state index contributed by atoms with van der Waals surface area (Å²) in [4.78, 5) is 0. The van der Waals surface area contributed by atoms with Gasteiger partial charge < -0.3 is 0 Å². The van der Waals surface area contributed by atoms with Gasteiger partial charge in [0.1, 0.15) is 0 Å². The second-order valence-electron chi connectivity index (χ2n) is 6.40. The van der Waals surface area contributed by atoms with E-state index in [2.05, 4.69) is 50.3 Å². The van der Waals surface area contributed by atoms with Crippen LogP contribution in [0.2, 0.25) is 4.47 Å². The van der Waals surface area contributed by atoms with Crippen molar-refractivity contribution in [1.29, 1.82) is 0 Å². The van der Waals surface area contributed by atoms with Crippen molar-refractivity contribution in [2.75, 3.05) is 0 Å². The molecule has 0 unspecified atom stereocenters. The predicted molar refractivity (Wildman–Crippen MR) is 113 cm³/mol. The Morgan fingerprint density at radius 3 is 2.12 bits per heavy atom. The van der Waals surface area contributed by atoms with E-state index in [1.807, 2.05) is 2.52 Å². The number of allylic oxidation sites excluding steroid dienone is 1. The Morgan fingerprint density at radius 2 is 1.46 bits per heavy atom. The van der Waals surface area contributed by atoms with Gasteiger partial charge in [0, 0.05) is 0 Å². The molecule has 0 atom stereocenters. The van der Waals surface area contributed by atoms with Crippen LogP contribution in [0.1, 0.15) is 84.5 Å². The quantitative estimate of drug-likeness (QED) is 0.193. The number of benzene rings is 1. The maximum absolute atomic E-state index is 2.64. The summed E-state index contributed by atoms with van der Waals surface area (Å²) in [5.74, 6) is 0. The molecule has 0 N–H and O–H groups in total. The van der Waals surface area contributed by atoms with E-state index in [9.17, 15) is 0 Å². The summed E-state index contributed by atoms with van der Waals surface area (Å²) in [6.07, 6.45) is 18.2. The summed E-state index contributed by atoms with van der Waals surface area (Å²) in [5, 5.41) is 0. The molecule has 0 aliphatic carbocycles. The van der Waals surface area contributed by atoms with E-state index in [4.69, 9.17) is 0 Å². The summed E-state index contributed by atoms with van der Waals surface area (Å²) in [5.41, 5.74) is 0. The van der Waals surface area contributed by atoms with E-state index in [0.29, 0.717) is 15.0 Å². The van der Waals surface area contributed by atoms with Crippen LogP contribution >= 0.6 is 0 Å². The molecule has 0 aromatic heterocycles. The van der Waals surface area contributed by atoms with E-state index in [1.54, 1.807) is 4.46 Å². The van der Waals surface area contributed by atoms with Gasteiger partial charge in [0.15, 0.2) is 0 Å². The van der Waals surface area contributed by atoms with Crippen molar-refractivity contribution in [1.82, 2.24) is 0 Å². The van der Waals surface area contributed by atoms with Gasteiger partial charge in [-0.25, -0.2) is 0 Å². The first kappa shape index (κ1) is 22.3. The van der Waals surface area contributed by atoms with Crippen molar-refractivity contribution in [3.63, 3.8) is 0 Å². The van der Waals surface area contributed by atoms with Crippen molar-refractivity contribution < 1.29 is 0 Å². The van der Waals surface area contributed by atoms with Crippen LogP contribution < -0.4 is 4.46 Å². The molecule has 0 bridgehead atoms. The second-order valence-corrected chi connectivity index (χ2v) is 13.8. The molecule has 0 spiro atoms. The molecule has 136 valence electrons. The zero-order valence-corrected chi connectivity index (χ0v) is 19.8. The van der Waals surface area contributed by atoms with Gasteiger partial charge in [-0.05, 0) is 0 Å². The Kier molecular flexibility index (Phi) is 15.5. The average molecular weight is 507 g/mol. The fourth-order valence-electron chi connectivity index (χ4n) is 2.55. The van der Waals surface area contributed by atoms with E-state index in [-0.39, 0.29) is 20.9 Å². The minimum atomic E-state index is 0.0899. The third-order valence-corrected chi connectivity index (χ3v) is 11.5. The van der Waals surface area contributed by atoms with Gasteiger partial charge in [0.25, 0.3) is 0 Å². The molecule has 2 heteroatoms. The van der Waals surface area contributed by atoms with Crippen LogP contribution in [0.4, 0.5) is 0 Å². The summed E-state index contributed by atoms with van der Waals surface area (Å²) >= 11 is 0.685. The van der Waals surface area contributed by atoms with Crippen LogP contribution in [-0.2, 0) is 0 Å². The maximum atomic E-state index is 2.64. The first-order valence-corrected chi connectivity index (χ1v) is 14.4. The average Bonchev–Trinajstić information content (AvgIpc) is 2.61. The Morgan fingerprint density at radius 1 is 0.833 bits per heavy atom. The van der Waals surface area contributed by atoms with Crippen molar-refractivity contribution >= 4 is 40.3 Å². The molecule has 0 aliphatic heterocycles. The van der Waals surface area contributed by atoms with Crippen molar-refractivity contribution in [3.8, 4) is 0 Å². The minimum absolute atomic E-state index is 0.0899. The standard InChI is InChI=1S/C22H36SeTe/c1-3-5-7-8-9-10-11-12-16-19-22(24-20-6-4-2)23-21-17-14-13-15-18-21/h13-15,17-19H,3-12,16,20H2,1-2H3/b22-19+. The second kappa shape index (κ2) is 16.7. The van der Waals surface area contributed by atoms with Crippen LogP contribution in [0.15, 0.2) is 38.9 Å². The molecule has 0 fully saturated rings. The summed E-state index contributed by atoms with van der Waals surface area (Å²) in [6.45, 7) is 4.61. The molecule has 0 amide bonds. The SMILES string of the molecule is CCCCCCCCCC/C=C(\[Se]c1ccccc1)[Te]CCCC. The third kappa shape index (κ3) is 12.6. The molecule has 1 aromatic rings. The van der Waals surface area contributed by atoms with Crippen molar-refractivity contribution in [2.45, 2.75) is 88.9 Å². The van der Waals surface area contributed by atoms with Crippen LogP contribution in [0, 0.1) is 0 Å². The molecular formula is C22H36SeTe. The van der Waals surface area contributed by atoms with Gasteiger partial charge in [-0.1, -0.05) is 0 Å². The number of hydrogen-bond acceptors (Lipinski definition) is 0. The summed E-state index contributed by atoms with van der Waals surface area (Å²) in [7, 11) is 0. The number of rotatable bonds is 15. The fourth-order valence-corrected chi connectivity index (χ4v) is 10.2. The van der Waals surface area contributed by atoms with Gasteiger partial charge in [0.2, 0.25) is 0 Å². The molecule has 0 aliphatic rings. The van der Waals surface area contributed by atoms with E-state index in [1.165, 1.54) is 75.1 Å². The molecule has 0 nitrogen and oxygen atoms in total. The van der Waals surface area contributed by atoms with Crippen LogP contribution in [0.3, 0.4) is 0 Å². The van der Waals surface area contributed by atoms with E-state index >= 15 is 0 Å². The van der Waals surface area contributed by atoms with Crippen LogP contribution in [0.25, 0.3) is 0 Å². The first-order valence-electron chi connectivity index (χ1n) is 9.92. The molecule has 1 aromatic carbocycles. The topological polar surface area (TPSA) is 0 Å². The zero-order valence-electron chi connectivity index (χ0n) is 15.8. The Bertz CT molecular complexity index is 413. The first-order chi connectivity index (χ1) is 11.9. The van der Waals surface area contributed by atoms with E-state index < -0.39 is 0 Å². The van der Waals surface area contributed by atoms with Gasteiger partial charge in [-0.3, -0.25) is 0 Å². The Balaban J connectivity index is 2.25. The Labute approximate surface area is 167 Å². The summed E-state index contributed by atoms with van der Waals surface area (Å²) < 4.78 is 4.92. The fraction of sp³-hybridized carbons (Fsp3) is 0.636. The Hall–Kier alpha value is 0.269. The van der Waals surface area contributed by atoms with Crippen molar-refractivity contribution in [3.05, 3.63) is 38.9 Å². The van der Waals surface area contributed by atoms with E-state index in [0.717, 1.165) is 0 Å². The predicted octanol–water partition coefficient (Wildman–Crippen LogP) is 6.31. The normalized spacial score (nSPS) is 11.8. The summed E-state index contributed by atoms with van der Waals surface area (Å²) in [6, 6.07) is 11.2. The van der Waals surface area contributed by atoms with Crippen LogP contribution in [-0.4, -0.2) is 35.9 Å². The third-order valence-electron chi connectivity index (χ3n) is 4.07. The number of unbranched alkanes of at least 4 members (excludes halogenated alkanes) is 9. The molecular weight excluding hydrogens is 471 g/mol. The monoisotopic (exact) mass is 510 g/mol. The van der Waals surface area contributed by atoms with Gasteiger partial charge in [-0.15, -0.1) is 0 Å².